The summed E-state index contributed by atoms with van der Waals surface area (Å²) in [5.74, 6) is 1.02. The van der Waals surface area contributed by atoms with Crippen molar-refractivity contribution in [3.8, 4) is 6.07 Å². The quantitative estimate of drug-likeness (QED) is 0.720. The number of rotatable bonds is 1. The first-order chi connectivity index (χ1) is 7.69. The molecule has 1 aliphatic rings. The molecule has 1 fully saturated rings. The van der Waals surface area contributed by atoms with Gasteiger partial charge in [-0.05, 0) is 6.92 Å². The molecule has 1 aromatic rings. The lowest BCUT2D eigenvalue weighted by Crippen LogP contribution is -2.42. The first-order valence-electron chi connectivity index (χ1n) is 5.06. The van der Waals surface area contributed by atoms with Crippen molar-refractivity contribution < 1.29 is 4.74 Å². The average Bonchev–Trinajstić information content (AvgIpc) is 2.28. The van der Waals surface area contributed by atoms with Crippen LogP contribution in [0.3, 0.4) is 0 Å². The lowest BCUT2D eigenvalue weighted by molar-refractivity contribution is 0.0761. The summed E-state index contributed by atoms with van der Waals surface area (Å²) in [6, 6.07) is 3.95. The van der Waals surface area contributed by atoms with E-state index in [9.17, 15) is 0 Å². The molecule has 2 heterocycles. The minimum atomic E-state index is -0.398. The molecule has 1 aromatic heterocycles. The number of nitrogen functional groups attached to an aromatic ring is 1. The Balaban J connectivity index is 2.20. The van der Waals surface area contributed by atoms with Gasteiger partial charge in [-0.25, -0.2) is 4.98 Å². The van der Waals surface area contributed by atoms with Gasteiger partial charge < -0.3 is 15.4 Å². The van der Waals surface area contributed by atoms with Crippen LogP contribution >= 0.6 is 0 Å². The zero-order valence-electron chi connectivity index (χ0n) is 9.05. The Morgan fingerprint density at radius 2 is 2.44 bits per heavy atom. The van der Waals surface area contributed by atoms with E-state index in [1.54, 1.807) is 0 Å². The Morgan fingerprint density at radius 3 is 3.12 bits per heavy atom. The van der Waals surface area contributed by atoms with Gasteiger partial charge in [0, 0.05) is 18.3 Å². The first-order valence-corrected chi connectivity index (χ1v) is 5.06. The van der Waals surface area contributed by atoms with E-state index >= 15 is 0 Å². The summed E-state index contributed by atoms with van der Waals surface area (Å²) in [4.78, 5) is 10.2. The first kappa shape index (κ1) is 10.6. The van der Waals surface area contributed by atoms with E-state index in [4.69, 9.17) is 15.7 Å². The van der Waals surface area contributed by atoms with Crippen molar-refractivity contribution in [1.29, 1.82) is 5.26 Å². The van der Waals surface area contributed by atoms with Crippen molar-refractivity contribution >= 4 is 11.8 Å². The second kappa shape index (κ2) is 4.33. The van der Waals surface area contributed by atoms with Gasteiger partial charge in [0.1, 0.15) is 5.82 Å². The van der Waals surface area contributed by atoms with E-state index in [1.165, 1.54) is 0 Å². The maximum Gasteiger partial charge on any atom is 0.222 e. The van der Waals surface area contributed by atoms with Crippen LogP contribution < -0.4 is 10.6 Å². The number of aromatic nitrogens is 2. The molecule has 16 heavy (non-hydrogen) atoms. The Bertz CT molecular complexity index is 407. The number of hydrogen-bond acceptors (Lipinski definition) is 6. The molecule has 0 radical (unpaired) electrons. The number of nitrogens with two attached hydrogens (primary N) is 1. The minimum absolute atomic E-state index is 0.259. The van der Waals surface area contributed by atoms with Crippen molar-refractivity contribution in [2.24, 2.45) is 0 Å². The van der Waals surface area contributed by atoms with Gasteiger partial charge in [0.2, 0.25) is 5.95 Å². The summed E-state index contributed by atoms with van der Waals surface area (Å²) >= 11 is 0. The van der Waals surface area contributed by atoms with Crippen molar-refractivity contribution in [1.82, 2.24) is 9.97 Å². The zero-order chi connectivity index (χ0) is 11.5. The van der Waals surface area contributed by atoms with Crippen LogP contribution in [-0.4, -0.2) is 35.8 Å². The van der Waals surface area contributed by atoms with Crippen LogP contribution in [0.5, 0.6) is 0 Å². The second-order valence-corrected chi connectivity index (χ2v) is 3.66. The Labute approximate surface area is 93.7 Å². The molecule has 1 aliphatic heterocycles. The molecule has 0 aromatic carbocycles. The van der Waals surface area contributed by atoms with Crippen molar-refractivity contribution in [2.45, 2.75) is 13.0 Å². The van der Waals surface area contributed by atoms with Gasteiger partial charge in [-0.15, -0.1) is 0 Å². The number of nitriles is 1. The maximum atomic E-state index is 8.81. The SMILES string of the molecule is Cc1cc(N2CCOC(C#N)C2)nc(N)n1. The van der Waals surface area contributed by atoms with Gasteiger partial charge in [-0.3, -0.25) is 0 Å². The lowest BCUT2D eigenvalue weighted by atomic mass is 10.3. The Morgan fingerprint density at radius 1 is 1.62 bits per heavy atom. The Kier molecular flexibility index (Phi) is 2.88. The topological polar surface area (TPSA) is 88.1 Å². The van der Waals surface area contributed by atoms with E-state index in [-0.39, 0.29) is 5.95 Å². The fourth-order valence-corrected chi connectivity index (χ4v) is 1.67. The van der Waals surface area contributed by atoms with Crippen LogP contribution in [-0.2, 0) is 4.74 Å². The molecule has 1 unspecified atom stereocenters. The van der Waals surface area contributed by atoms with Gasteiger partial charge in [-0.1, -0.05) is 0 Å². The third-order valence-electron chi connectivity index (χ3n) is 2.39. The average molecular weight is 219 g/mol. The molecule has 0 aliphatic carbocycles. The van der Waals surface area contributed by atoms with E-state index in [0.29, 0.717) is 19.7 Å². The van der Waals surface area contributed by atoms with E-state index in [0.717, 1.165) is 11.5 Å². The van der Waals surface area contributed by atoms with Gasteiger partial charge in [0.05, 0.1) is 19.2 Å². The van der Waals surface area contributed by atoms with Crippen LogP contribution in [0.2, 0.25) is 0 Å². The van der Waals surface area contributed by atoms with E-state index < -0.39 is 6.10 Å². The van der Waals surface area contributed by atoms with Crippen LogP contribution in [0.15, 0.2) is 6.07 Å². The summed E-state index contributed by atoms with van der Waals surface area (Å²) in [6.45, 7) is 3.63. The van der Waals surface area contributed by atoms with E-state index in [2.05, 4.69) is 16.0 Å². The number of anilines is 2. The maximum absolute atomic E-state index is 8.81. The van der Waals surface area contributed by atoms with E-state index in [1.807, 2.05) is 17.9 Å². The zero-order valence-corrected chi connectivity index (χ0v) is 9.05. The van der Waals surface area contributed by atoms with Gasteiger partial charge in [0.15, 0.2) is 6.10 Å². The number of hydrogen-bond donors (Lipinski definition) is 1. The molecule has 2 N–H and O–H groups in total. The van der Waals surface area contributed by atoms with Crippen LogP contribution in [0.25, 0.3) is 0 Å². The molecule has 0 saturated carbocycles. The van der Waals surface area contributed by atoms with Crippen molar-refractivity contribution in [3.63, 3.8) is 0 Å². The highest BCUT2D eigenvalue weighted by atomic mass is 16.5. The largest absolute Gasteiger partial charge is 0.368 e. The highest BCUT2D eigenvalue weighted by Crippen LogP contribution is 2.16. The molecule has 6 heteroatoms. The number of morpholine rings is 1. The molecule has 1 saturated heterocycles. The smallest absolute Gasteiger partial charge is 0.222 e. The predicted octanol–water partition coefficient (Wildman–Crippen LogP) is 0.0960. The third-order valence-corrected chi connectivity index (χ3v) is 2.39. The van der Waals surface area contributed by atoms with Gasteiger partial charge in [0.25, 0.3) is 0 Å². The molecule has 0 bridgehead atoms. The predicted molar refractivity (Wildman–Crippen MR) is 58.7 cm³/mol. The third kappa shape index (κ3) is 2.20. The highest BCUT2D eigenvalue weighted by molar-refractivity contribution is 5.44. The molecule has 6 nitrogen and oxygen atoms in total. The van der Waals surface area contributed by atoms with Gasteiger partial charge >= 0.3 is 0 Å². The summed E-state index contributed by atoms with van der Waals surface area (Å²) in [7, 11) is 0. The molecule has 84 valence electrons. The van der Waals surface area contributed by atoms with Gasteiger partial charge in [-0.2, -0.15) is 10.2 Å². The highest BCUT2D eigenvalue weighted by Gasteiger charge is 2.21. The molecule has 0 amide bonds. The number of nitrogens with zero attached hydrogens (tertiary/aromatic N) is 4. The Hall–Kier alpha value is -1.87. The van der Waals surface area contributed by atoms with Crippen molar-refractivity contribution in [3.05, 3.63) is 11.8 Å². The molecular formula is C10H13N5O. The molecule has 0 spiro atoms. The normalized spacial score (nSPS) is 20.5. The summed E-state index contributed by atoms with van der Waals surface area (Å²) in [6.07, 6.45) is -0.398. The fourth-order valence-electron chi connectivity index (χ4n) is 1.67. The summed E-state index contributed by atoms with van der Waals surface area (Å²) in [5.41, 5.74) is 6.41. The summed E-state index contributed by atoms with van der Waals surface area (Å²) < 4.78 is 5.26. The molecule has 2 rings (SSSR count). The fraction of sp³-hybridized carbons (Fsp3) is 0.500. The lowest BCUT2D eigenvalue weighted by Gasteiger charge is -2.30. The van der Waals surface area contributed by atoms with Crippen LogP contribution in [0.1, 0.15) is 5.69 Å². The van der Waals surface area contributed by atoms with Crippen LogP contribution in [0, 0.1) is 18.3 Å². The summed E-state index contributed by atoms with van der Waals surface area (Å²) in [5, 5.41) is 8.81. The number of ether oxygens (including phenoxy) is 1. The second-order valence-electron chi connectivity index (χ2n) is 3.66. The molecule has 1 atom stereocenters. The minimum Gasteiger partial charge on any atom is -0.368 e. The van der Waals surface area contributed by atoms with Crippen LogP contribution in [0.4, 0.5) is 11.8 Å². The molecular weight excluding hydrogens is 206 g/mol. The monoisotopic (exact) mass is 219 g/mol. The standard InChI is InChI=1S/C10H13N5O/c1-7-4-9(14-10(12)13-7)15-2-3-16-8(5-11)6-15/h4,8H,2-3,6H2,1H3,(H2,12,13,14). The van der Waals surface area contributed by atoms with Crippen molar-refractivity contribution in [2.75, 3.05) is 30.3 Å². The number of aryl methyl sites for hydroxylation is 1.